The van der Waals surface area contributed by atoms with Crippen molar-refractivity contribution in [3.05, 3.63) is 108 Å². The topological polar surface area (TPSA) is 30.8 Å². The standard InChI is InChI=1S/C24H25NO2/c1-4-10-21(11-5-1)16-25-17-24(27-19-23-14-8-3-9-15-23)20-26-18-22-12-6-2-7-13-22/h1-15,17,24H,16,18-20H2. The van der Waals surface area contributed by atoms with Gasteiger partial charge in [0.15, 0.2) is 0 Å². The SMILES string of the molecule is C(=NCc1ccccc1)C(COCc1ccccc1)OCc1ccccc1. The second kappa shape index (κ2) is 11.1. The minimum Gasteiger partial charge on any atom is -0.374 e. The van der Waals surface area contributed by atoms with Crippen LogP contribution in [-0.4, -0.2) is 18.9 Å². The third-order valence-corrected chi connectivity index (χ3v) is 4.09. The molecule has 3 heteroatoms. The summed E-state index contributed by atoms with van der Waals surface area (Å²) in [5.74, 6) is 0. The van der Waals surface area contributed by atoms with Crippen molar-refractivity contribution in [2.45, 2.75) is 25.9 Å². The Morgan fingerprint density at radius 3 is 1.78 bits per heavy atom. The average molecular weight is 359 g/mol. The summed E-state index contributed by atoms with van der Waals surface area (Å²) >= 11 is 0. The van der Waals surface area contributed by atoms with Crippen LogP contribution in [0.15, 0.2) is 96.0 Å². The van der Waals surface area contributed by atoms with E-state index in [2.05, 4.69) is 41.4 Å². The smallest absolute Gasteiger partial charge is 0.116 e. The minimum atomic E-state index is -0.183. The van der Waals surface area contributed by atoms with Crippen molar-refractivity contribution in [1.29, 1.82) is 0 Å². The van der Waals surface area contributed by atoms with E-state index in [0.29, 0.717) is 26.4 Å². The van der Waals surface area contributed by atoms with Gasteiger partial charge in [-0.3, -0.25) is 4.99 Å². The molecule has 0 aliphatic carbocycles. The van der Waals surface area contributed by atoms with Gasteiger partial charge in [0.25, 0.3) is 0 Å². The first kappa shape index (κ1) is 19.0. The van der Waals surface area contributed by atoms with Gasteiger partial charge >= 0.3 is 0 Å². The van der Waals surface area contributed by atoms with Crippen LogP contribution in [0.25, 0.3) is 0 Å². The van der Waals surface area contributed by atoms with E-state index < -0.39 is 0 Å². The molecule has 0 amide bonds. The Kier molecular flexibility index (Phi) is 7.80. The molecule has 0 saturated carbocycles. The Morgan fingerprint density at radius 1 is 0.667 bits per heavy atom. The van der Waals surface area contributed by atoms with E-state index in [-0.39, 0.29) is 6.10 Å². The van der Waals surface area contributed by atoms with Crippen molar-refractivity contribution in [2.24, 2.45) is 4.99 Å². The van der Waals surface area contributed by atoms with E-state index in [0.717, 1.165) is 11.1 Å². The van der Waals surface area contributed by atoms with E-state index in [9.17, 15) is 0 Å². The summed E-state index contributed by atoms with van der Waals surface area (Å²) in [4.78, 5) is 4.55. The second-order valence-corrected chi connectivity index (χ2v) is 6.31. The van der Waals surface area contributed by atoms with Crippen LogP contribution < -0.4 is 0 Å². The maximum atomic E-state index is 6.03. The molecular weight excluding hydrogens is 334 g/mol. The Hall–Kier alpha value is -2.75. The third-order valence-electron chi connectivity index (χ3n) is 4.09. The highest BCUT2D eigenvalue weighted by Crippen LogP contribution is 2.06. The van der Waals surface area contributed by atoms with E-state index in [1.807, 2.05) is 60.8 Å². The van der Waals surface area contributed by atoms with E-state index in [1.54, 1.807) is 0 Å². The Morgan fingerprint density at radius 2 is 1.19 bits per heavy atom. The van der Waals surface area contributed by atoms with Crippen LogP contribution in [0.4, 0.5) is 0 Å². The van der Waals surface area contributed by atoms with Gasteiger partial charge in [-0.1, -0.05) is 91.0 Å². The Labute approximate surface area is 161 Å². The monoisotopic (exact) mass is 359 g/mol. The van der Waals surface area contributed by atoms with Gasteiger partial charge in [0.2, 0.25) is 0 Å². The van der Waals surface area contributed by atoms with Crippen LogP contribution in [0.3, 0.4) is 0 Å². The highest BCUT2D eigenvalue weighted by molar-refractivity contribution is 5.63. The number of rotatable bonds is 10. The van der Waals surface area contributed by atoms with Gasteiger partial charge in [-0.05, 0) is 16.7 Å². The van der Waals surface area contributed by atoms with Crippen molar-refractivity contribution in [2.75, 3.05) is 6.61 Å². The minimum absolute atomic E-state index is 0.183. The molecule has 0 bridgehead atoms. The molecule has 3 aromatic rings. The fourth-order valence-corrected chi connectivity index (χ4v) is 2.64. The lowest BCUT2D eigenvalue weighted by molar-refractivity contribution is 0.00644. The van der Waals surface area contributed by atoms with Crippen molar-refractivity contribution in [1.82, 2.24) is 0 Å². The molecule has 1 atom stereocenters. The van der Waals surface area contributed by atoms with Crippen LogP contribution >= 0.6 is 0 Å². The van der Waals surface area contributed by atoms with Crippen LogP contribution in [0.1, 0.15) is 16.7 Å². The molecule has 0 N–H and O–H groups in total. The summed E-state index contributed by atoms with van der Waals surface area (Å²) in [6.45, 7) is 2.22. The van der Waals surface area contributed by atoms with Gasteiger partial charge in [-0.2, -0.15) is 0 Å². The van der Waals surface area contributed by atoms with Gasteiger partial charge in [0.05, 0.1) is 26.4 Å². The van der Waals surface area contributed by atoms with E-state index in [1.165, 1.54) is 5.56 Å². The molecule has 27 heavy (non-hydrogen) atoms. The number of hydrogen-bond acceptors (Lipinski definition) is 3. The summed E-state index contributed by atoms with van der Waals surface area (Å²) < 4.78 is 11.9. The molecule has 0 saturated heterocycles. The lowest BCUT2D eigenvalue weighted by atomic mass is 10.2. The highest BCUT2D eigenvalue weighted by atomic mass is 16.5. The summed E-state index contributed by atoms with van der Waals surface area (Å²) in [5.41, 5.74) is 3.48. The number of ether oxygens (including phenoxy) is 2. The van der Waals surface area contributed by atoms with E-state index >= 15 is 0 Å². The van der Waals surface area contributed by atoms with Gasteiger partial charge in [-0.15, -0.1) is 0 Å². The first-order valence-electron chi connectivity index (χ1n) is 9.21. The lowest BCUT2D eigenvalue weighted by Gasteiger charge is -2.14. The van der Waals surface area contributed by atoms with Crippen LogP contribution in [-0.2, 0) is 29.2 Å². The molecule has 0 spiro atoms. The van der Waals surface area contributed by atoms with Crippen LogP contribution in [0.2, 0.25) is 0 Å². The molecule has 0 fully saturated rings. The molecule has 3 rings (SSSR count). The summed E-state index contributed by atoms with van der Waals surface area (Å²) in [7, 11) is 0. The lowest BCUT2D eigenvalue weighted by Crippen LogP contribution is -2.21. The zero-order valence-corrected chi connectivity index (χ0v) is 15.4. The van der Waals surface area contributed by atoms with Crippen LogP contribution in [0, 0.1) is 0 Å². The molecule has 138 valence electrons. The fourth-order valence-electron chi connectivity index (χ4n) is 2.64. The molecule has 0 radical (unpaired) electrons. The summed E-state index contributed by atoms with van der Waals surface area (Å²) in [5, 5.41) is 0. The van der Waals surface area contributed by atoms with Gasteiger partial charge in [-0.25, -0.2) is 0 Å². The number of aliphatic imine (C=N–C) groups is 1. The van der Waals surface area contributed by atoms with Crippen molar-refractivity contribution >= 4 is 6.21 Å². The second-order valence-electron chi connectivity index (χ2n) is 6.31. The summed E-state index contributed by atoms with van der Waals surface area (Å²) in [6.07, 6.45) is 1.68. The quantitative estimate of drug-likeness (QED) is 0.474. The zero-order chi connectivity index (χ0) is 18.6. The van der Waals surface area contributed by atoms with Gasteiger partial charge in [0, 0.05) is 6.21 Å². The van der Waals surface area contributed by atoms with Gasteiger partial charge < -0.3 is 9.47 Å². The molecule has 0 aromatic heterocycles. The first-order chi connectivity index (χ1) is 13.4. The Balaban J connectivity index is 1.53. The molecule has 1 unspecified atom stereocenters. The van der Waals surface area contributed by atoms with Gasteiger partial charge in [0.1, 0.15) is 6.10 Å². The maximum Gasteiger partial charge on any atom is 0.116 e. The van der Waals surface area contributed by atoms with E-state index in [4.69, 9.17) is 9.47 Å². The maximum absolute atomic E-state index is 6.03. The van der Waals surface area contributed by atoms with Crippen molar-refractivity contribution in [3.8, 4) is 0 Å². The van der Waals surface area contributed by atoms with Crippen molar-refractivity contribution in [3.63, 3.8) is 0 Å². The third kappa shape index (κ3) is 7.18. The first-order valence-corrected chi connectivity index (χ1v) is 9.21. The Bertz CT molecular complexity index is 788. The molecule has 0 aliphatic rings. The molecule has 0 heterocycles. The van der Waals surface area contributed by atoms with Crippen molar-refractivity contribution < 1.29 is 9.47 Å². The number of hydrogen-bond donors (Lipinski definition) is 0. The predicted octanol–water partition coefficient (Wildman–Crippen LogP) is 5.06. The molecule has 3 nitrogen and oxygen atoms in total. The largest absolute Gasteiger partial charge is 0.374 e. The number of benzene rings is 3. The predicted molar refractivity (Wildman–Crippen MR) is 110 cm³/mol. The fraction of sp³-hybridized carbons (Fsp3) is 0.208. The highest BCUT2D eigenvalue weighted by Gasteiger charge is 2.07. The molecule has 3 aromatic carbocycles. The summed E-state index contributed by atoms with van der Waals surface area (Å²) in [6, 6.07) is 30.5. The zero-order valence-electron chi connectivity index (χ0n) is 15.4. The van der Waals surface area contributed by atoms with Crippen LogP contribution in [0.5, 0.6) is 0 Å². The number of nitrogens with zero attached hydrogens (tertiary/aromatic N) is 1. The average Bonchev–Trinajstić information content (AvgIpc) is 2.74. The molecule has 0 aliphatic heterocycles. The normalized spacial score (nSPS) is 12.3. The molecular formula is C24H25NO2.